The Kier molecular flexibility index (Phi) is 4.30. The van der Waals surface area contributed by atoms with Crippen molar-refractivity contribution in [1.82, 2.24) is 9.97 Å². The van der Waals surface area contributed by atoms with Gasteiger partial charge in [-0.25, -0.2) is 4.98 Å². The van der Waals surface area contributed by atoms with Crippen molar-refractivity contribution in [3.63, 3.8) is 0 Å². The van der Waals surface area contributed by atoms with E-state index in [-0.39, 0.29) is 11.6 Å². The number of nitrogens with one attached hydrogen (secondary N) is 1. The van der Waals surface area contributed by atoms with Gasteiger partial charge < -0.3 is 10.2 Å². The van der Waals surface area contributed by atoms with E-state index in [4.69, 9.17) is 0 Å². The van der Waals surface area contributed by atoms with Crippen molar-refractivity contribution >= 4 is 11.6 Å². The molecular weight excluding hydrogens is 281 g/mol. The molecule has 1 N–H and O–H groups in total. The fourth-order valence-electron chi connectivity index (χ4n) is 1.82. The van der Waals surface area contributed by atoms with Crippen LogP contribution in [0.15, 0.2) is 36.5 Å². The molecule has 0 aromatic carbocycles. The summed E-state index contributed by atoms with van der Waals surface area (Å²) in [6.45, 7) is 0.373. The summed E-state index contributed by atoms with van der Waals surface area (Å²) in [6.07, 6.45) is -2.77. The molecule has 2 aromatic rings. The van der Waals surface area contributed by atoms with Crippen LogP contribution in [0.4, 0.5) is 24.8 Å². The summed E-state index contributed by atoms with van der Waals surface area (Å²) in [5.74, 6) is 0.410. The van der Waals surface area contributed by atoms with Crippen LogP contribution in [0, 0.1) is 0 Å². The molecule has 0 atom stereocenters. The standard InChI is InChI=1S/C14H15F3N4/c1-18-12-7-10(14(15,16)17)8-13(20-12)21(2)9-11-5-3-4-6-19-11/h3-8H,9H2,1-2H3,(H,18,20). The largest absolute Gasteiger partial charge is 0.416 e. The van der Waals surface area contributed by atoms with E-state index < -0.39 is 11.7 Å². The Morgan fingerprint density at radius 1 is 1.24 bits per heavy atom. The van der Waals surface area contributed by atoms with Crippen LogP contribution in [0.25, 0.3) is 0 Å². The fraction of sp³-hybridized carbons (Fsp3) is 0.286. The van der Waals surface area contributed by atoms with Gasteiger partial charge in [-0.2, -0.15) is 13.2 Å². The molecule has 2 heterocycles. The Balaban J connectivity index is 2.30. The first-order chi connectivity index (χ1) is 9.90. The molecule has 0 saturated heterocycles. The van der Waals surface area contributed by atoms with Crippen LogP contribution in [0.5, 0.6) is 0 Å². The van der Waals surface area contributed by atoms with Crippen molar-refractivity contribution in [2.45, 2.75) is 12.7 Å². The highest BCUT2D eigenvalue weighted by atomic mass is 19.4. The maximum Gasteiger partial charge on any atom is 0.416 e. The van der Waals surface area contributed by atoms with Crippen molar-refractivity contribution in [3.8, 4) is 0 Å². The van der Waals surface area contributed by atoms with Gasteiger partial charge >= 0.3 is 6.18 Å². The second-order valence-electron chi connectivity index (χ2n) is 4.52. The molecule has 2 rings (SSSR count). The lowest BCUT2D eigenvalue weighted by atomic mass is 10.2. The predicted octanol–water partition coefficient (Wildman–Crippen LogP) is 3.17. The first-order valence-corrected chi connectivity index (χ1v) is 6.28. The molecule has 0 saturated carbocycles. The molecule has 0 radical (unpaired) electrons. The van der Waals surface area contributed by atoms with E-state index in [0.717, 1.165) is 17.8 Å². The number of alkyl halides is 3. The second-order valence-corrected chi connectivity index (χ2v) is 4.52. The lowest BCUT2D eigenvalue weighted by Gasteiger charge is -2.20. The lowest BCUT2D eigenvalue weighted by Crippen LogP contribution is -2.20. The maximum absolute atomic E-state index is 12.9. The first-order valence-electron chi connectivity index (χ1n) is 6.28. The zero-order valence-electron chi connectivity index (χ0n) is 11.6. The molecule has 0 aliphatic rings. The molecule has 7 heteroatoms. The van der Waals surface area contributed by atoms with Crippen molar-refractivity contribution in [2.75, 3.05) is 24.3 Å². The van der Waals surface area contributed by atoms with Crippen LogP contribution in [-0.2, 0) is 12.7 Å². The number of halogens is 3. The van der Waals surface area contributed by atoms with Gasteiger partial charge in [-0.3, -0.25) is 4.98 Å². The Morgan fingerprint density at radius 3 is 2.57 bits per heavy atom. The minimum Gasteiger partial charge on any atom is -0.373 e. The van der Waals surface area contributed by atoms with Crippen LogP contribution in [0.3, 0.4) is 0 Å². The first kappa shape index (κ1) is 15.1. The molecule has 2 aromatic heterocycles. The highest BCUT2D eigenvalue weighted by Gasteiger charge is 2.32. The number of anilines is 2. The Bertz CT molecular complexity index is 599. The van der Waals surface area contributed by atoms with E-state index in [0.29, 0.717) is 6.54 Å². The van der Waals surface area contributed by atoms with Crippen LogP contribution in [-0.4, -0.2) is 24.1 Å². The van der Waals surface area contributed by atoms with E-state index in [1.807, 2.05) is 12.1 Å². The molecule has 4 nitrogen and oxygen atoms in total. The van der Waals surface area contributed by atoms with Gasteiger partial charge in [0.1, 0.15) is 11.6 Å². The number of hydrogen-bond acceptors (Lipinski definition) is 4. The monoisotopic (exact) mass is 296 g/mol. The van der Waals surface area contributed by atoms with Gasteiger partial charge in [0.2, 0.25) is 0 Å². The van der Waals surface area contributed by atoms with Crippen molar-refractivity contribution in [3.05, 3.63) is 47.8 Å². The van der Waals surface area contributed by atoms with Gasteiger partial charge in [0.15, 0.2) is 0 Å². The van der Waals surface area contributed by atoms with Gasteiger partial charge in [-0.15, -0.1) is 0 Å². The third-order valence-corrected chi connectivity index (χ3v) is 2.91. The molecule has 0 aliphatic carbocycles. The molecule has 0 spiro atoms. The molecule has 21 heavy (non-hydrogen) atoms. The quantitative estimate of drug-likeness (QED) is 0.941. The third kappa shape index (κ3) is 3.84. The summed E-state index contributed by atoms with van der Waals surface area (Å²) in [5, 5.41) is 2.65. The zero-order chi connectivity index (χ0) is 15.5. The average Bonchev–Trinajstić information content (AvgIpc) is 2.46. The minimum atomic E-state index is -4.41. The number of aromatic nitrogens is 2. The topological polar surface area (TPSA) is 41.0 Å². The number of pyridine rings is 2. The summed E-state index contributed by atoms with van der Waals surface area (Å²) in [6, 6.07) is 7.44. The summed E-state index contributed by atoms with van der Waals surface area (Å²) in [7, 11) is 3.21. The lowest BCUT2D eigenvalue weighted by molar-refractivity contribution is -0.137. The minimum absolute atomic E-state index is 0.174. The van der Waals surface area contributed by atoms with Gasteiger partial charge in [-0.1, -0.05) is 6.07 Å². The highest BCUT2D eigenvalue weighted by Crippen LogP contribution is 2.32. The molecule has 0 unspecified atom stereocenters. The Labute approximate surface area is 120 Å². The number of nitrogens with zero attached hydrogens (tertiary/aromatic N) is 3. The van der Waals surface area contributed by atoms with Crippen molar-refractivity contribution in [1.29, 1.82) is 0 Å². The number of hydrogen-bond donors (Lipinski definition) is 1. The molecule has 0 fully saturated rings. The van der Waals surface area contributed by atoms with Crippen LogP contribution in [0.1, 0.15) is 11.3 Å². The molecule has 0 amide bonds. The smallest absolute Gasteiger partial charge is 0.373 e. The van der Waals surface area contributed by atoms with Crippen LogP contribution in [0.2, 0.25) is 0 Å². The Hall–Kier alpha value is -2.31. The van der Waals surface area contributed by atoms with E-state index >= 15 is 0 Å². The Morgan fingerprint density at radius 2 is 2.00 bits per heavy atom. The molecule has 0 aliphatic heterocycles. The molecule has 112 valence electrons. The van der Waals surface area contributed by atoms with Crippen molar-refractivity contribution < 1.29 is 13.2 Å². The highest BCUT2D eigenvalue weighted by molar-refractivity contribution is 5.50. The second kappa shape index (κ2) is 5.99. The normalized spacial score (nSPS) is 11.3. The average molecular weight is 296 g/mol. The zero-order valence-corrected chi connectivity index (χ0v) is 11.6. The van der Waals surface area contributed by atoms with Crippen LogP contribution < -0.4 is 10.2 Å². The van der Waals surface area contributed by atoms with Gasteiger partial charge in [-0.05, 0) is 24.3 Å². The van der Waals surface area contributed by atoms with E-state index in [9.17, 15) is 13.2 Å². The van der Waals surface area contributed by atoms with Crippen LogP contribution >= 0.6 is 0 Å². The van der Waals surface area contributed by atoms with Gasteiger partial charge in [0.25, 0.3) is 0 Å². The van der Waals surface area contributed by atoms with E-state index in [2.05, 4.69) is 15.3 Å². The molecule has 0 bridgehead atoms. The predicted molar refractivity (Wildman–Crippen MR) is 75.1 cm³/mol. The van der Waals surface area contributed by atoms with E-state index in [1.165, 1.54) is 7.05 Å². The fourth-order valence-corrected chi connectivity index (χ4v) is 1.82. The van der Waals surface area contributed by atoms with Crippen molar-refractivity contribution in [2.24, 2.45) is 0 Å². The molecular formula is C14H15F3N4. The maximum atomic E-state index is 12.9. The third-order valence-electron chi connectivity index (χ3n) is 2.91. The summed E-state index contributed by atoms with van der Waals surface area (Å²) < 4.78 is 38.7. The summed E-state index contributed by atoms with van der Waals surface area (Å²) in [4.78, 5) is 9.92. The van der Waals surface area contributed by atoms with Gasteiger partial charge in [0.05, 0.1) is 17.8 Å². The summed E-state index contributed by atoms with van der Waals surface area (Å²) >= 11 is 0. The number of rotatable bonds is 4. The van der Waals surface area contributed by atoms with E-state index in [1.54, 1.807) is 24.2 Å². The SMILES string of the molecule is CNc1cc(C(F)(F)F)cc(N(C)Cc2ccccn2)n1. The summed E-state index contributed by atoms with van der Waals surface area (Å²) in [5.41, 5.74) is 0.0231. The van der Waals surface area contributed by atoms with Gasteiger partial charge in [0, 0.05) is 20.3 Å².